The van der Waals surface area contributed by atoms with E-state index in [4.69, 9.17) is 26.8 Å². The van der Waals surface area contributed by atoms with Crippen LogP contribution in [-0.4, -0.2) is 50.3 Å². The Hall–Kier alpha value is -1.21. The van der Waals surface area contributed by atoms with Gasteiger partial charge in [0.25, 0.3) is 0 Å². The molecular formula is C15H20ClFN2O3. The number of rotatable bonds is 5. The van der Waals surface area contributed by atoms with E-state index in [9.17, 15) is 9.18 Å². The highest BCUT2D eigenvalue weighted by Crippen LogP contribution is 2.26. The third kappa shape index (κ3) is 4.16. The molecular weight excluding hydrogens is 311 g/mol. The summed E-state index contributed by atoms with van der Waals surface area (Å²) >= 11 is 5.80. The summed E-state index contributed by atoms with van der Waals surface area (Å²) in [6.45, 7) is 1.64. The van der Waals surface area contributed by atoms with Gasteiger partial charge in [-0.1, -0.05) is 17.7 Å². The lowest BCUT2D eigenvalue weighted by Crippen LogP contribution is -2.44. The molecule has 2 rings (SSSR count). The van der Waals surface area contributed by atoms with Crippen molar-refractivity contribution < 1.29 is 18.7 Å². The zero-order valence-corrected chi connectivity index (χ0v) is 13.2. The normalized spacial score (nSPS) is 20.0. The second-order valence-electron chi connectivity index (χ2n) is 5.17. The zero-order valence-electron chi connectivity index (χ0n) is 12.4. The third-order valence-electron chi connectivity index (χ3n) is 3.73. The fourth-order valence-electron chi connectivity index (χ4n) is 2.38. The van der Waals surface area contributed by atoms with Crippen LogP contribution < -0.4 is 5.73 Å². The molecule has 1 aliphatic rings. The first-order valence-corrected chi connectivity index (χ1v) is 7.50. The molecule has 122 valence electrons. The Morgan fingerprint density at radius 2 is 2.41 bits per heavy atom. The van der Waals surface area contributed by atoms with Crippen molar-refractivity contribution in [3.05, 3.63) is 34.6 Å². The van der Waals surface area contributed by atoms with Gasteiger partial charge in [0.05, 0.1) is 30.7 Å². The van der Waals surface area contributed by atoms with E-state index >= 15 is 0 Å². The Morgan fingerprint density at radius 3 is 3.05 bits per heavy atom. The molecule has 1 amide bonds. The molecule has 1 heterocycles. The number of halogens is 2. The molecule has 1 saturated heterocycles. The SMILES string of the molecule is COC(CN)CC(=O)N1CCOC(c2ccc(F)c(Cl)c2)C1. The van der Waals surface area contributed by atoms with E-state index < -0.39 is 5.82 Å². The molecule has 1 fully saturated rings. The first-order chi connectivity index (χ1) is 10.5. The Morgan fingerprint density at radius 1 is 1.64 bits per heavy atom. The van der Waals surface area contributed by atoms with Crippen molar-refractivity contribution in [2.24, 2.45) is 5.73 Å². The lowest BCUT2D eigenvalue weighted by molar-refractivity contribution is -0.141. The minimum atomic E-state index is -0.472. The maximum atomic E-state index is 13.2. The summed E-state index contributed by atoms with van der Waals surface area (Å²) in [5, 5.41) is 0.0483. The largest absolute Gasteiger partial charge is 0.380 e. The van der Waals surface area contributed by atoms with Crippen molar-refractivity contribution in [2.75, 3.05) is 33.4 Å². The van der Waals surface area contributed by atoms with Crippen LogP contribution in [0.5, 0.6) is 0 Å². The molecule has 0 bridgehead atoms. The van der Waals surface area contributed by atoms with E-state index in [1.165, 1.54) is 19.2 Å². The number of morpholine rings is 1. The summed E-state index contributed by atoms with van der Waals surface area (Å²) in [4.78, 5) is 14.0. The van der Waals surface area contributed by atoms with Gasteiger partial charge in [-0.3, -0.25) is 4.79 Å². The minimum Gasteiger partial charge on any atom is -0.380 e. The lowest BCUT2D eigenvalue weighted by atomic mass is 10.1. The van der Waals surface area contributed by atoms with Gasteiger partial charge in [0.15, 0.2) is 0 Å². The summed E-state index contributed by atoms with van der Waals surface area (Å²) in [7, 11) is 1.54. The first kappa shape index (κ1) is 17.1. The summed E-state index contributed by atoms with van der Waals surface area (Å²) in [6, 6.07) is 4.46. The number of benzene rings is 1. The molecule has 0 saturated carbocycles. The van der Waals surface area contributed by atoms with E-state index in [-0.39, 0.29) is 29.6 Å². The molecule has 1 aromatic carbocycles. The van der Waals surface area contributed by atoms with Gasteiger partial charge < -0.3 is 20.1 Å². The topological polar surface area (TPSA) is 64.8 Å². The number of nitrogens with zero attached hydrogens (tertiary/aromatic N) is 1. The number of ether oxygens (including phenoxy) is 2. The number of carbonyl (C=O) groups excluding carboxylic acids is 1. The maximum absolute atomic E-state index is 13.2. The van der Waals surface area contributed by atoms with E-state index in [2.05, 4.69) is 0 Å². The molecule has 0 radical (unpaired) electrons. The molecule has 5 nitrogen and oxygen atoms in total. The highest BCUT2D eigenvalue weighted by atomic mass is 35.5. The maximum Gasteiger partial charge on any atom is 0.225 e. The molecule has 1 aliphatic heterocycles. The van der Waals surface area contributed by atoms with Gasteiger partial charge >= 0.3 is 0 Å². The van der Waals surface area contributed by atoms with E-state index in [0.717, 1.165) is 5.56 Å². The Balaban J connectivity index is 2.02. The highest BCUT2D eigenvalue weighted by molar-refractivity contribution is 6.30. The number of hydrogen-bond acceptors (Lipinski definition) is 4. The number of hydrogen-bond donors (Lipinski definition) is 1. The average molecular weight is 331 g/mol. The summed E-state index contributed by atoms with van der Waals surface area (Å²) in [5.41, 5.74) is 6.30. The predicted molar refractivity (Wildman–Crippen MR) is 81.2 cm³/mol. The van der Waals surface area contributed by atoms with Crippen LogP contribution in [0.2, 0.25) is 5.02 Å². The van der Waals surface area contributed by atoms with Crippen LogP contribution in [-0.2, 0) is 14.3 Å². The zero-order chi connectivity index (χ0) is 16.1. The standard InChI is InChI=1S/C15H20ClFN2O3/c1-21-11(8-18)7-15(20)19-4-5-22-14(9-19)10-2-3-13(17)12(16)6-10/h2-3,6,11,14H,4-5,7-9,18H2,1H3. The number of carbonyl (C=O) groups is 1. The number of methoxy groups -OCH3 is 1. The van der Waals surface area contributed by atoms with Gasteiger partial charge in [-0.2, -0.15) is 0 Å². The molecule has 22 heavy (non-hydrogen) atoms. The first-order valence-electron chi connectivity index (χ1n) is 7.12. The van der Waals surface area contributed by atoms with Crippen molar-refractivity contribution in [1.82, 2.24) is 4.90 Å². The van der Waals surface area contributed by atoms with E-state index in [1.54, 1.807) is 11.0 Å². The van der Waals surface area contributed by atoms with E-state index in [1.807, 2.05) is 0 Å². The van der Waals surface area contributed by atoms with Crippen LogP contribution in [0.15, 0.2) is 18.2 Å². The molecule has 0 aliphatic carbocycles. The molecule has 2 atom stereocenters. The molecule has 0 aromatic heterocycles. The van der Waals surface area contributed by atoms with Gasteiger partial charge in [-0.05, 0) is 17.7 Å². The number of nitrogens with two attached hydrogens (primary N) is 1. The van der Waals surface area contributed by atoms with Crippen molar-refractivity contribution >= 4 is 17.5 Å². The van der Waals surface area contributed by atoms with Crippen LogP contribution in [0.25, 0.3) is 0 Å². The fourth-order valence-corrected chi connectivity index (χ4v) is 2.57. The quantitative estimate of drug-likeness (QED) is 0.893. The van der Waals surface area contributed by atoms with Gasteiger partial charge in [0, 0.05) is 20.2 Å². The van der Waals surface area contributed by atoms with Gasteiger partial charge in [0.1, 0.15) is 11.9 Å². The van der Waals surface area contributed by atoms with Crippen molar-refractivity contribution in [3.63, 3.8) is 0 Å². The summed E-state index contributed by atoms with van der Waals surface area (Å²) in [5.74, 6) is -0.501. The lowest BCUT2D eigenvalue weighted by Gasteiger charge is -2.34. The van der Waals surface area contributed by atoms with Crippen LogP contribution in [0.1, 0.15) is 18.1 Å². The van der Waals surface area contributed by atoms with Crippen LogP contribution in [0.4, 0.5) is 4.39 Å². The van der Waals surface area contributed by atoms with Crippen LogP contribution in [0.3, 0.4) is 0 Å². The monoisotopic (exact) mass is 330 g/mol. The minimum absolute atomic E-state index is 0.0289. The van der Waals surface area contributed by atoms with Gasteiger partial charge in [-0.15, -0.1) is 0 Å². The smallest absolute Gasteiger partial charge is 0.225 e. The second-order valence-corrected chi connectivity index (χ2v) is 5.58. The predicted octanol–water partition coefficient (Wildman–Crippen LogP) is 1.74. The Labute approximate surface area is 134 Å². The van der Waals surface area contributed by atoms with Crippen molar-refractivity contribution in [1.29, 1.82) is 0 Å². The van der Waals surface area contributed by atoms with Crippen LogP contribution in [0, 0.1) is 5.82 Å². The molecule has 1 aromatic rings. The van der Waals surface area contributed by atoms with Crippen LogP contribution >= 0.6 is 11.6 Å². The second kappa shape index (κ2) is 7.87. The molecule has 0 spiro atoms. The molecule has 2 N–H and O–H groups in total. The third-order valence-corrected chi connectivity index (χ3v) is 4.02. The Bertz CT molecular complexity index is 526. The summed E-state index contributed by atoms with van der Waals surface area (Å²) in [6.07, 6.45) is -0.354. The van der Waals surface area contributed by atoms with Gasteiger partial charge in [-0.25, -0.2) is 4.39 Å². The molecule has 2 unspecified atom stereocenters. The Kier molecular flexibility index (Phi) is 6.14. The molecule has 7 heteroatoms. The summed E-state index contributed by atoms with van der Waals surface area (Å²) < 4.78 is 24.0. The average Bonchev–Trinajstić information content (AvgIpc) is 2.55. The highest BCUT2D eigenvalue weighted by Gasteiger charge is 2.27. The van der Waals surface area contributed by atoms with Crippen molar-refractivity contribution in [2.45, 2.75) is 18.6 Å². The number of amides is 1. The van der Waals surface area contributed by atoms with Crippen molar-refractivity contribution in [3.8, 4) is 0 Å². The van der Waals surface area contributed by atoms with E-state index in [0.29, 0.717) is 26.2 Å². The van der Waals surface area contributed by atoms with Gasteiger partial charge in [0.2, 0.25) is 5.91 Å². The fraction of sp³-hybridized carbons (Fsp3) is 0.533.